The summed E-state index contributed by atoms with van der Waals surface area (Å²) in [6.45, 7) is 0. The number of aryl methyl sites for hydroxylation is 1. The van der Waals surface area contributed by atoms with E-state index in [1.807, 2.05) is 60.9 Å². The number of benzene rings is 5. The minimum atomic E-state index is 0.633. The average molecular weight is 682 g/mol. The van der Waals surface area contributed by atoms with Crippen molar-refractivity contribution in [2.75, 3.05) is 0 Å². The van der Waals surface area contributed by atoms with Gasteiger partial charge in [-0.25, -0.2) is 15.0 Å². The molecular weight excluding hydrogens is 651 g/mol. The molecule has 0 bridgehead atoms. The van der Waals surface area contributed by atoms with Gasteiger partial charge in [0.2, 0.25) is 5.89 Å². The van der Waals surface area contributed by atoms with Gasteiger partial charge >= 0.3 is 0 Å². The summed E-state index contributed by atoms with van der Waals surface area (Å²) in [6, 6.07) is 48.2. The first kappa shape index (κ1) is 30.7. The molecule has 6 nitrogen and oxygen atoms in total. The van der Waals surface area contributed by atoms with Gasteiger partial charge in [0, 0.05) is 45.4 Å². The molecule has 0 unspecified atom stereocenters. The Morgan fingerprint density at radius 3 is 1.85 bits per heavy atom. The molecule has 0 N–H and O–H groups in total. The molecule has 6 heteroatoms. The second-order valence-electron chi connectivity index (χ2n) is 13.2. The van der Waals surface area contributed by atoms with Gasteiger partial charge in [-0.15, -0.1) is 0 Å². The molecule has 0 spiro atoms. The molecule has 10 rings (SSSR count). The normalized spacial score (nSPS) is 12.3. The molecule has 0 radical (unpaired) electrons. The van der Waals surface area contributed by atoms with Crippen LogP contribution in [-0.4, -0.2) is 24.9 Å². The number of fused-ring (bicyclic) bond motifs is 4. The Morgan fingerprint density at radius 2 is 1.11 bits per heavy atom. The first-order chi connectivity index (χ1) is 26.2. The molecule has 0 saturated carbocycles. The van der Waals surface area contributed by atoms with Crippen molar-refractivity contribution >= 4 is 27.9 Å². The molecule has 1 aliphatic rings. The fourth-order valence-electron chi connectivity index (χ4n) is 7.14. The third-order valence-electron chi connectivity index (χ3n) is 9.90. The van der Waals surface area contributed by atoms with Crippen LogP contribution in [0.2, 0.25) is 0 Å². The summed E-state index contributed by atoms with van der Waals surface area (Å²) in [5.41, 5.74) is 12.9. The van der Waals surface area contributed by atoms with Gasteiger partial charge in [-0.1, -0.05) is 109 Å². The topological polar surface area (TPSA) is 77.6 Å². The maximum Gasteiger partial charge on any atom is 0.226 e. The van der Waals surface area contributed by atoms with Crippen LogP contribution in [-0.2, 0) is 6.42 Å². The van der Waals surface area contributed by atoms with Crippen LogP contribution in [0.5, 0.6) is 0 Å². The molecule has 0 atom stereocenters. The predicted octanol–water partition coefficient (Wildman–Crippen LogP) is 11.5. The standard InChI is InChI=1S/C47H31N5O/c1-2-8-30(9-3-1)31-14-18-33(19-15-31)41-29-42(51-46(50-41)35-22-24-36(25-23-35)47-52-40-12-4-5-13-43(40)53-47)34-20-16-32(17-21-34)39-28-37-10-6-26-48-44(37)45-38(39)11-7-27-49-45/h1-3,5-11,13-29H,4,12H2. The predicted molar refractivity (Wildman–Crippen MR) is 213 cm³/mol. The van der Waals surface area contributed by atoms with Crippen molar-refractivity contribution in [1.29, 1.82) is 0 Å². The van der Waals surface area contributed by atoms with Crippen molar-refractivity contribution in [2.45, 2.75) is 12.8 Å². The Hall–Kier alpha value is -7.05. The molecule has 1 aliphatic carbocycles. The minimum Gasteiger partial charge on any atom is -0.436 e. The Morgan fingerprint density at radius 1 is 0.491 bits per heavy atom. The van der Waals surface area contributed by atoms with Crippen LogP contribution in [0.4, 0.5) is 0 Å². The number of aromatic nitrogens is 5. The zero-order chi connectivity index (χ0) is 35.1. The van der Waals surface area contributed by atoms with Crippen LogP contribution in [0.3, 0.4) is 0 Å². The number of allylic oxidation sites excluding steroid dienone is 1. The van der Waals surface area contributed by atoms with Gasteiger partial charge in [0.25, 0.3) is 0 Å². The van der Waals surface area contributed by atoms with E-state index >= 15 is 0 Å². The molecule has 0 amide bonds. The number of hydrogen-bond acceptors (Lipinski definition) is 6. The largest absolute Gasteiger partial charge is 0.436 e. The number of oxazole rings is 1. The Labute approximate surface area is 306 Å². The van der Waals surface area contributed by atoms with Crippen molar-refractivity contribution in [3.8, 4) is 67.6 Å². The third kappa shape index (κ3) is 5.76. The minimum absolute atomic E-state index is 0.633. The molecule has 9 aromatic rings. The van der Waals surface area contributed by atoms with Crippen molar-refractivity contribution in [3.63, 3.8) is 0 Å². The molecule has 0 aliphatic heterocycles. The average Bonchev–Trinajstić information content (AvgIpc) is 3.68. The quantitative estimate of drug-likeness (QED) is 0.163. The van der Waals surface area contributed by atoms with Crippen LogP contribution in [0.15, 0.2) is 162 Å². The fourth-order valence-corrected chi connectivity index (χ4v) is 7.14. The molecule has 53 heavy (non-hydrogen) atoms. The van der Waals surface area contributed by atoms with Gasteiger partial charge in [0.1, 0.15) is 0 Å². The van der Waals surface area contributed by atoms with E-state index in [1.165, 1.54) is 5.56 Å². The highest BCUT2D eigenvalue weighted by atomic mass is 16.4. The lowest BCUT2D eigenvalue weighted by molar-refractivity contribution is 0.560. The Bertz CT molecular complexity index is 2810. The van der Waals surface area contributed by atoms with Crippen LogP contribution in [0.1, 0.15) is 17.9 Å². The molecule has 5 aromatic carbocycles. The van der Waals surface area contributed by atoms with E-state index in [0.717, 1.165) is 96.4 Å². The summed E-state index contributed by atoms with van der Waals surface area (Å²) >= 11 is 0. The molecular formula is C47H31N5O. The Kier molecular flexibility index (Phi) is 7.50. The van der Waals surface area contributed by atoms with E-state index in [0.29, 0.717) is 11.7 Å². The monoisotopic (exact) mass is 681 g/mol. The van der Waals surface area contributed by atoms with Gasteiger partial charge in [0.05, 0.1) is 28.1 Å². The number of pyridine rings is 2. The van der Waals surface area contributed by atoms with Gasteiger partial charge in [-0.3, -0.25) is 9.97 Å². The van der Waals surface area contributed by atoms with Crippen molar-refractivity contribution in [2.24, 2.45) is 0 Å². The SMILES string of the molecule is C1=Cc2oc(-c3ccc(-c4nc(-c5ccc(-c6ccccc6)cc5)cc(-c5ccc(-c6cc7cccnc7c7ncccc67)cc5)n4)cc3)nc2CC1. The van der Waals surface area contributed by atoms with Crippen LogP contribution in [0.25, 0.3) is 95.5 Å². The summed E-state index contributed by atoms with van der Waals surface area (Å²) < 4.78 is 6.08. The lowest BCUT2D eigenvalue weighted by atomic mass is 9.96. The van der Waals surface area contributed by atoms with Gasteiger partial charge in [0.15, 0.2) is 11.6 Å². The maximum absolute atomic E-state index is 6.08. The zero-order valence-electron chi connectivity index (χ0n) is 28.6. The van der Waals surface area contributed by atoms with Gasteiger partial charge < -0.3 is 4.42 Å². The second kappa shape index (κ2) is 12.9. The van der Waals surface area contributed by atoms with Crippen LogP contribution in [0, 0.1) is 0 Å². The first-order valence-electron chi connectivity index (χ1n) is 17.8. The van der Waals surface area contributed by atoms with Crippen molar-refractivity contribution in [3.05, 3.63) is 169 Å². The van der Waals surface area contributed by atoms with E-state index < -0.39 is 0 Å². The van der Waals surface area contributed by atoms with Crippen molar-refractivity contribution < 1.29 is 4.42 Å². The highest BCUT2D eigenvalue weighted by Gasteiger charge is 2.17. The van der Waals surface area contributed by atoms with Gasteiger partial charge in [-0.2, -0.15) is 0 Å². The van der Waals surface area contributed by atoms with E-state index in [1.54, 1.807) is 0 Å². The fraction of sp³-hybridized carbons (Fsp3) is 0.0426. The zero-order valence-corrected chi connectivity index (χ0v) is 28.6. The summed E-state index contributed by atoms with van der Waals surface area (Å²) in [4.78, 5) is 24.4. The second-order valence-corrected chi connectivity index (χ2v) is 13.2. The molecule has 0 fully saturated rings. The van der Waals surface area contributed by atoms with E-state index in [9.17, 15) is 0 Å². The van der Waals surface area contributed by atoms with Gasteiger partial charge in [-0.05, 0) is 77.6 Å². The first-order valence-corrected chi connectivity index (χ1v) is 17.8. The van der Waals surface area contributed by atoms with Crippen LogP contribution >= 0.6 is 0 Å². The molecule has 4 heterocycles. The summed E-state index contributed by atoms with van der Waals surface area (Å²) in [6.07, 6.45) is 9.68. The van der Waals surface area contributed by atoms with Crippen molar-refractivity contribution in [1.82, 2.24) is 24.9 Å². The number of hydrogen-bond donors (Lipinski definition) is 0. The lowest BCUT2D eigenvalue weighted by Crippen LogP contribution is -1.96. The summed E-state index contributed by atoms with van der Waals surface area (Å²) in [5.74, 6) is 2.13. The molecule has 250 valence electrons. The van der Waals surface area contributed by atoms with E-state index in [2.05, 4.69) is 108 Å². The highest BCUT2D eigenvalue weighted by molar-refractivity contribution is 6.10. The summed E-state index contributed by atoms with van der Waals surface area (Å²) in [7, 11) is 0. The van der Waals surface area contributed by atoms with E-state index in [4.69, 9.17) is 24.4 Å². The Balaban J connectivity index is 1.05. The third-order valence-corrected chi connectivity index (χ3v) is 9.90. The maximum atomic E-state index is 6.08. The molecule has 0 saturated heterocycles. The number of nitrogens with zero attached hydrogens (tertiary/aromatic N) is 5. The molecule has 4 aromatic heterocycles. The van der Waals surface area contributed by atoms with Crippen LogP contribution < -0.4 is 0 Å². The lowest BCUT2D eigenvalue weighted by Gasteiger charge is -2.12. The van der Waals surface area contributed by atoms with E-state index in [-0.39, 0.29) is 0 Å². The highest BCUT2D eigenvalue weighted by Crippen LogP contribution is 2.36. The number of rotatable bonds is 6. The smallest absolute Gasteiger partial charge is 0.226 e. The summed E-state index contributed by atoms with van der Waals surface area (Å²) in [5, 5.41) is 2.13.